The fraction of sp³-hybridized carbons (Fsp3) is 0.429. The van der Waals surface area contributed by atoms with E-state index < -0.39 is 11.7 Å². The zero-order valence-corrected chi connectivity index (χ0v) is 19.8. The van der Waals surface area contributed by atoms with E-state index in [1.165, 1.54) is 35.3 Å². The SMILES string of the molecule is CC(Cc1ccccc1C(=O)N(Cc1ccccc1)C(=O)OC(C)(C)C)=C1CCCCC1. The van der Waals surface area contributed by atoms with Gasteiger partial charge in [-0.3, -0.25) is 4.79 Å². The van der Waals surface area contributed by atoms with Gasteiger partial charge in [-0.1, -0.05) is 66.1 Å². The molecule has 1 aliphatic rings. The van der Waals surface area contributed by atoms with Crippen LogP contribution in [0.2, 0.25) is 0 Å². The number of imide groups is 1. The number of rotatable bonds is 5. The van der Waals surface area contributed by atoms with Crippen molar-refractivity contribution in [1.82, 2.24) is 4.90 Å². The normalized spacial score (nSPS) is 14.1. The lowest BCUT2D eigenvalue weighted by atomic mass is 9.88. The number of nitrogens with zero attached hydrogens (tertiary/aromatic N) is 1. The van der Waals surface area contributed by atoms with E-state index in [4.69, 9.17) is 4.74 Å². The quantitative estimate of drug-likeness (QED) is 0.473. The maximum Gasteiger partial charge on any atom is 0.417 e. The predicted octanol–water partition coefficient (Wildman–Crippen LogP) is 7.09. The molecule has 0 aromatic heterocycles. The molecule has 0 saturated heterocycles. The Morgan fingerprint density at radius 2 is 1.53 bits per heavy atom. The molecule has 3 rings (SSSR count). The molecule has 4 heteroatoms. The molecule has 4 nitrogen and oxygen atoms in total. The molecule has 0 aliphatic heterocycles. The predicted molar refractivity (Wildman–Crippen MR) is 128 cm³/mol. The fourth-order valence-corrected chi connectivity index (χ4v) is 4.15. The van der Waals surface area contributed by atoms with Crippen LogP contribution in [0, 0.1) is 0 Å². The summed E-state index contributed by atoms with van der Waals surface area (Å²) < 4.78 is 5.59. The van der Waals surface area contributed by atoms with Crippen LogP contribution in [0.3, 0.4) is 0 Å². The Hall–Kier alpha value is -2.88. The lowest BCUT2D eigenvalue weighted by Gasteiger charge is -2.27. The molecular weight excluding hydrogens is 398 g/mol. The third-order valence-corrected chi connectivity index (χ3v) is 5.81. The van der Waals surface area contributed by atoms with Gasteiger partial charge in [0.05, 0.1) is 6.54 Å². The van der Waals surface area contributed by atoms with Gasteiger partial charge in [-0.2, -0.15) is 0 Å². The summed E-state index contributed by atoms with van der Waals surface area (Å²) in [6.07, 6.45) is 6.21. The zero-order chi connectivity index (χ0) is 23.1. The summed E-state index contributed by atoms with van der Waals surface area (Å²) >= 11 is 0. The van der Waals surface area contributed by atoms with Crippen molar-refractivity contribution < 1.29 is 14.3 Å². The van der Waals surface area contributed by atoms with Gasteiger partial charge in [-0.15, -0.1) is 0 Å². The Morgan fingerprint density at radius 1 is 0.906 bits per heavy atom. The first kappa shape index (κ1) is 23.8. The molecule has 0 unspecified atom stereocenters. The van der Waals surface area contributed by atoms with Gasteiger partial charge in [-0.05, 0) is 77.0 Å². The minimum absolute atomic E-state index is 0.170. The molecule has 2 aromatic rings. The summed E-state index contributed by atoms with van der Waals surface area (Å²) in [5.74, 6) is -0.319. The van der Waals surface area contributed by atoms with Crippen LogP contribution in [0.25, 0.3) is 0 Å². The summed E-state index contributed by atoms with van der Waals surface area (Å²) in [4.78, 5) is 27.9. The van der Waals surface area contributed by atoms with Crippen LogP contribution in [0.15, 0.2) is 65.7 Å². The van der Waals surface area contributed by atoms with Crippen LogP contribution >= 0.6 is 0 Å². The van der Waals surface area contributed by atoms with Crippen LogP contribution in [-0.2, 0) is 17.7 Å². The van der Waals surface area contributed by atoms with E-state index in [1.807, 2.05) is 75.4 Å². The molecule has 170 valence electrons. The number of hydrogen-bond donors (Lipinski definition) is 0. The van der Waals surface area contributed by atoms with Gasteiger partial charge in [0, 0.05) is 5.56 Å². The zero-order valence-electron chi connectivity index (χ0n) is 19.8. The Balaban J connectivity index is 1.91. The number of allylic oxidation sites excluding steroid dienone is 2. The second-order valence-corrected chi connectivity index (χ2v) is 9.64. The minimum atomic E-state index is -0.687. The van der Waals surface area contributed by atoms with Crippen molar-refractivity contribution in [3.63, 3.8) is 0 Å². The molecular formula is C28H35NO3. The highest BCUT2D eigenvalue weighted by atomic mass is 16.6. The smallest absolute Gasteiger partial charge is 0.417 e. The van der Waals surface area contributed by atoms with Crippen molar-refractivity contribution in [2.75, 3.05) is 0 Å². The van der Waals surface area contributed by atoms with Crippen LogP contribution < -0.4 is 0 Å². The summed E-state index contributed by atoms with van der Waals surface area (Å²) in [5, 5.41) is 0. The van der Waals surface area contributed by atoms with E-state index in [1.54, 1.807) is 0 Å². The Bertz CT molecular complexity index is 962. The van der Waals surface area contributed by atoms with Gasteiger partial charge >= 0.3 is 6.09 Å². The highest BCUT2D eigenvalue weighted by Gasteiger charge is 2.29. The largest absolute Gasteiger partial charge is 0.443 e. The summed E-state index contributed by atoms with van der Waals surface area (Å²) in [6, 6.07) is 17.2. The number of carbonyl (C=O) groups excluding carboxylic acids is 2. The molecule has 0 spiro atoms. The Labute approximate surface area is 192 Å². The number of benzene rings is 2. The van der Waals surface area contributed by atoms with Crippen molar-refractivity contribution in [3.05, 3.63) is 82.4 Å². The van der Waals surface area contributed by atoms with Crippen LogP contribution in [0.1, 0.15) is 81.3 Å². The highest BCUT2D eigenvalue weighted by Crippen LogP contribution is 2.28. The molecule has 0 atom stereocenters. The molecule has 0 bridgehead atoms. The molecule has 2 aromatic carbocycles. The van der Waals surface area contributed by atoms with Crippen LogP contribution in [0.5, 0.6) is 0 Å². The Morgan fingerprint density at radius 3 is 2.19 bits per heavy atom. The van der Waals surface area contributed by atoms with Crippen LogP contribution in [-0.4, -0.2) is 22.5 Å². The third-order valence-electron chi connectivity index (χ3n) is 5.81. The van der Waals surface area contributed by atoms with E-state index in [9.17, 15) is 9.59 Å². The highest BCUT2D eigenvalue weighted by molar-refractivity contribution is 6.04. The van der Waals surface area contributed by atoms with Gasteiger partial charge in [-0.25, -0.2) is 9.69 Å². The summed E-state index contributed by atoms with van der Waals surface area (Å²) in [5.41, 5.74) is 4.57. The van der Waals surface area contributed by atoms with Crippen molar-refractivity contribution in [2.45, 2.75) is 78.4 Å². The molecule has 1 saturated carbocycles. The average molecular weight is 434 g/mol. The standard InChI is InChI=1S/C28H35NO3/c1-21(23-15-9-6-10-16-23)19-24-17-11-12-18-25(24)26(30)29(27(31)32-28(2,3)4)20-22-13-7-5-8-14-22/h5,7-8,11-14,17-18H,6,9-10,15-16,19-20H2,1-4H3. The monoisotopic (exact) mass is 433 g/mol. The maximum absolute atomic E-state index is 13.7. The van der Waals surface area contributed by atoms with E-state index in [0.29, 0.717) is 5.56 Å². The van der Waals surface area contributed by atoms with E-state index >= 15 is 0 Å². The lowest BCUT2D eigenvalue weighted by molar-refractivity contribution is 0.0227. The lowest BCUT2D eigenvalue weighted by Crippen LogP contribution is -2.40. The first-order valence-electron chi connectivity index (χ1n) is 11.6. The Kier molecular flexibility index (Phi) is 7.89. The minimum Gasteiger partial charge on any atom is -0.443 e. The first-order chi connectivity index (χ1) is 15.2. The van der Waals surface area contributed by atoms with Gasteiger partial charge < -0.3 is 4.74 Å². The molecule has 2 amide bonds. The van der Waals surface area contributed by atoms with Crippen molar-refractivity contribution in [3.8, 4) is 0 Å². The van der Waals surface area contributed by atoms with Gasteiger partial charge in [0.1, 0.15) is 5.60 Å². The summed E-state index contributed by atoms with van der Waals surface area (Å²) in [7, 11) is 0. The molecule has 0 radical (unpaired) electrons. The second-order valence-electron chi connectivity index (χ2n) is 9.64. The van der Waals surface area contributed by atoms with E-state index in [-0.39, 0.29) is 12.5 Å². The molecule has 0 heterocycles. The number of amides is 2. The number of carbonyl (C=O) groups is 2. The van der Waals surface area contributed by atoms with Crippen molar-refractivity contribution in [1.29, 1.82) is 0 Å². The van der Waals surface area contributed by atoms with Gasteiger partial charge in [0.2, 0.25) is 0 Å². The first-order valence-corrected chi connectivity index (χ1v) is 11.6. The summed E-state index contributed by atoms with van der Waals surface area (Å²) in [6.45, 7) is 7.78. The van der Waals surface area contributed by atoms with Crippen molar-refractivity contribution >= 4 is 12.0 Å². The fourth-order valence-electron chi connectivity index (χ4n) is 4.15. The molecule has 1 fully saturated rings. The maximum atomic E-state index is 13.7. The van der Waals surface area contributed by atoms with E-state index in [2.05, 4.69) is 6.92 Å². The second kappa shape index (κ2) is 10.6. The van der Waals surface area contributed by atoms with Crippen LogP contribution in [0.4, 0.5) is 4.79 Å². The average Bonchev–Trinajstić information content (AvgIpc) is 2.77. The number of ether oxygens (including phenoxy) is 1. The van der Waals surface area contributed by atoms with E-state index in [0.717, 1.165) is 30.4 Å². The van der Waals surface area contributed by atoms with Crippen molar-refractivity contribution in [2.24, 2.45) is 0 Å². The third kappa shape index (κ3) is 6.56. The number of hydrogen-bond acceptors (Lipinski definition) is 3. The molecule has 1 aliphatic carbocycles. The van der Waals surface area contributed by atoms with Gasteiger partial charge in [0.15, 0.2) is 0 Å². The topological polar surface area (TPSA) is 46.6 Å². The molecule has 32 heavy (non-hydrogen) atoms. The van der Waals surface area contributed by atoms with Gasteiger partial charge in [0.25, 0.3) is 5.91 Å². The molecule has 0 N–H and O–H groups in total.